The minimum atomic E-state index is -0.555. The van der Waals surface area contributed by atoms with Gasteiger partial charge in [-0.05, 0) is 6.07 Å². The van der Waals surface area contributed by atoms with Crippen LogP contribution in [0, 0.1) is 10.1 Å². The number of carbonyl (C=O) groups excluding carboxylic acids is 1. The van der Waals surface area contributed by atoms with Crippen molar-refractivity contribution < 1.29 is 9.72 Å². The average Bonchev–Trinajstić information content (AvgIpc) is 2.84. The second-order valence-corrected chi connectivity index (χ2v) is 5.33. The minimum absolute atomic E-state index is 0.0888. The number of aromatic nitrogens is 3. The van der Waals surface area contributed by atoms with Crippen molar-refractivity contribution in [3.63, 3.8) is 0 Å². The van der Waals surface area contributed by atoms with E-state index in [1.54, 1.807) is 11.6 Å². The summed E-state index contributed by atoms with van der Waals surface area (Å²) in [6.07, 6.45) is 1.53. The summed E-state index contributed by atoms with van der Waals surface area (Å²) in [6.45, 7) is 0. The molecule has 0 aliphatic carbocycles. The van der Waals surface area contributed by atoms with Gasteiger partial charge in [-0.25, -0.2) is 0 Å². The van der Waals surface area contributed by atoms with E-state index in [-0.39, 0.29) is 28.1 Å². The van der Waals surface area contributed by atoms with Gasteiger partial charge in [0.15, 0.2) is 5.16 Å². The van der Waals surface area contributed by atoms with E-state index in [4.69, 9.17) is 11.6 Å². The van der Waals surface area contributed by atoms with Crippen LogP contribution >= 0.6 is 23.4 Å². The monoisotopic (exact) mass is 327 g/mol. The Hall–Kier alpha value is -2.13. The molecule has 0 atom stereocenters. The number of nitro benzene ring substituents is 1. The number of carbonyl (C=O) groups is 1. The third kappa shape index (κ3) is 3.92. The molecule has 1 heterocycles. The van der Waals surface area contributed by atoms with Gasteiger partial charge in [-0.1, -0.05) is 23.4 Å². The molecule has 1 amide bonds. The highest BCUT2D eigenvalue weighted by Gasteiger charge is 2.13. The molecule has 1 aromatic heterocycles. The molecule has 0 aliphatic heterocycles. The number of hydrogen-bond acceptors (Lipinski definition) is 6. The van der Waals surface area contributed by atoms with Crippen LogP contribution in [-0.2, 0) is 11.8 Å². The number of hydrogen-bond donors (Lipinski definition) is 1. The van der Waals surface area contributed by atoms with E-state index in [9.17, 15) is 14.9 Å². The van der Waals surface area contributed by atoms with E-state index in [0.717, 1.165) is 0 Å². The number of amides is 1. The summed E-state index contributed by atoms with van der Waals surface area (Å²) in [5, 5.41) is 21.6. The van der Waals surface area contributed by atoms with Crippen LogP contribution in [0.1, 0.15) is 0 Å². The smallest absolute Gasteiger partial charge is 0.271 e. The maximum atomic E-state index is 11.8. The van der Waals surface area contributed by atoms with Crippen molar-refractivity contribution >= 4 is 40.6 Å². The van der Waals surface area contributed by atoms with Gasteiger partial charge in [-0.3, -0.25) is 14.9 Å². The number of benzene rings is 1. The number of nitro groups is 1. The lowest BCUT2D eigenvalue weighted by Gasteiger charge is -2.06. The van der Waals surface area contributed by atoms with Crippen LogP contribution in [0.2, 0.25) is 5.02 Å². The lowest BCUT2D eigenvalue weighted by molar-refractivity contribution is -0.384. The number of thioether (sulfide) groups is 1. The van der Waals surface area contributed by atoms with E-state index in [1.165, 1.54) is 36.3 Å². The van der Waals surface area contributed by atoms with Crippen LogP contribution in [-0.4, -0.2) is 31.3 Å². The van der Waals surface area contributed by atoms with Gasteiger partial charge in [0.2, 0.25) is 5.91 Å². The Bertz CT molecular complexity index is 690. The van der Waals surface area contributed by atoms with Gasteiger partial charge in [-0.2, -0.15) is 0 Å². The SMILES string of the molecule is Cn1cnnc1SCC(=O)Nc1cc([N+](=O)[O-])ccc1Cl. The van der Waals surface area contributed by atoms with Gasteiger partial charge in [-0.15, -0.1) is 10.2 Å². The molecule has 1 aromatic carbocycles. The zero-order chi connectivity index (χ0) is 15.4. The Kier molecular flexibility index (Phi) is 4.76. The van der Waals surface area contributed by atoms with Crippen LogP contribution in [0.5, 0.6) is 0 Å². The van der Waals surface area contributed by atoms with Crippen molar-refractivity contribution in [1.29, 1.82) is 0 Å². The number of nitrogens with one attached hydrogen (secondary N) is 1. The summed E-state index contributed by atoms with van der Waals surface area (Å²) >= 11 is 7.10. The largest absolute Gasteiger partial charge is 0.324 e. The van der Waals surface area contributed by atoms with E-state index in [0.29, 0.717) is 5.16 Å². The van der Waals surface area contributed by atoms with Crippen LogP contribution in [0.15, 0.2) is 29.7 Å². The zero-order valence-electron chi connectivity index (χ0n) is 10.8. The Morgan fingerprint density at radius 2 is 2.33 bits per heavy atom. The van der Waals surface area contributed by atoms with Gasteiger partial charge < -0.3 is 9.88 Å². The summed E-state index contributed by atoms with van der Waals surface area (Å²) in [6, 6.07) is 3.85. The predicted octanol–water partition coefficient (Wildman–Crippen LogP) is 2.11. The molecule has 0 bridgehead atoms. The fraction of sp³-hybridized carbons (Fsp3) is 0.182. The number of nitrogens with zero attached hydrogens (tertiary/aromatic N) is 4. The summed E-state index contributed by atoms with van der Waals surface area (Å²) in [5.41, 5.74) is 0.0603. The molecule has 2 rings (SSSR count). The van der Waals surface area contributed by atoms with E-state index in [2.05, 4.69) is 15.5 Å². The lowest BCUT2D eigenvalue weighted by atomic mass is 10.3. The van der Waals surface area contributed by atoms with Crippen molar-refractivity contribution in [2.45, 2.75) is 5.16 Å². The molecule has 0 saturated heterocycles. The summed E-state index contributed by atoms with van der Waals surface area (Å²) in [4.78, 5) is 22.0. The number of aryl methyl sites for hydroxylation is 1. The first-order valence-corrected chi connectivity index (χ1v) is 7.04. The average molecular weight is 328 g/mol. The van der Waals surface area contributed by atoms with Crippen molar-refractivity contribution in [2.75, 3.05) is 11.1 Å². The highest BCUT2D eigenvalue weighted by Crippen LogP contribution is 2.27. The fourth-order valence-electron chi connectivity index (χ4n) is 1.44. The lowest BCUT2D eigenvalue weighted by Crippen LogP contribution is -2.15. The maximum absolute atomic E-state index is 11.8. The van der Waals surface area contributed by atoms with Gasteiger partial charge in [0.1, 0.15) is 6.33 Å². The molecule has 8 nitrogen and oxygen atoms in total. The van der Waals surface area contributed by atoms with Crippen molar-refractivity contribution in [2.24, 2.45) is 7.05 Å². The van der Waals surface area contributed by atoms with Crippen molar-refractivity contribution in [3.8, 4) is 0 Å². The van der Waals surface area contributed by atoms with Crippen LogP contribution in [0.3, 0.4) is 0 Å². The predicted molar refractivity (Wildman–Crippen MR) is 78.5 cm³/mol. The summed E-state index contributed by atoms with van der Waals surface area (Å²) < 4.78 is 1.68. The quantitative estimate of drug-likeness (QED) is 0.512. The third-order valence-electron chi connectivity index (χ3n) is 2.44. The summed E-state index contributed by atoms with van der Waals surface area (Å²) in [7, 11) is 1.76. The Labute approximate surface area is 128 Å². The number of halogens is 1. The van der Waals surface area contributed by atoms with E-state index >= 15 is 0 Å². The minimum Gasteiger partial charge on any atom is -0.324 e. The molecule has 110 valence electrons. The first-order valence-electron chi connectivity index (χ1n) is 5.68. The molecule has 2 aromatic rings. The van der Waals surface area contributed by atoms with E-state index in [1.807, 2.05) is 0 Å². The second kappa shape index (κ2) is 6.55. The first-order chi connectivity index (χ1) is 9.97. The molecular formula is C11H10ClN5O3S. The highest BCUT2D eigenvalue weighted by atomic mass is 35.5. The zero-order valence-corrected chi connectivity index (χ0v) is 12.4. The van der Waals surface area contributed by atoms with Gasteiger partial charge >= 0.3 is 0 Å². The number of non-ortho nitro benzene ring substituents is 1. The Balaban J connectivity index is 2.01. The molecule has 0 unspecified atom stereocenters. The maximum Gasteiger partial charge on any atom is 0.271 e. The van der Waals surface area contributed by atoms with Crippen molar-refractivity contribution in [1.82, 2.24) is 14.8 Å². The van der Waals surface area contributed by atoms with E-state index < -0.39 is 4.92 Å². The Morgan fingerprint density at radius 3 is 2.95 bits per heavy atom. The molecule has 0 saturated carbocycles. The van der Waals surface area contributed by atoms with Gasteiger partial charge in [0.25, 0.3) is 5.69 Å². The highest BCUT2D eigenvalue weighted by molar-refractivity contribution is 7.99. The van der Waals surface area contributed by atoms with Gasteiger partial charge in [0.05, 0.1) is 21.4 Å². The third-order valence-corrected chi connectivity index (χ3v) is 3.80. The molecule has 0 aliphatic rings. The first kappa shape index (κ1) is 15.3. The molecule has 0 fully saturated rings. The molecule has 21 heavy (non-hydrogen) atoms. The fourth-order valence-corrected chi connectivity index (χ4v) is 2.30. The molecule has 10 heteroatoms. The molecule has 0 radical (unpaired) electrons. The number of rotatable bonds is 5. The molecule has 1 N–H and O–H groups in total. The molecule has 0 spiro atoms. The van der Waals surface area contributed by atoms with Gasteiger partial charge in [0, 0.05) is 19.2 Å². The number of anilines is 1. The van der Waals surface area contributed by atoms with Crippen LogP contribution in [0.25, 0.3) is 0 Å². The Morgan fingerprint density at radius 1 is 1.57 bits per heavy atom. The van der Waals surface area contributed by atoms with Crippen molar-refractivity contribution in [3.05, 3.63) is 39.7 Å². The molecular weight excluding hydrogens is 318 g/mol. The van der Waals surface area contributed by atoms with Crippen LogP contribution < -0.4 is 5.32 Å². The topological polar surface area (TPSA) is 103 Å². The standard InChI is InChI=1S/C11H10ClN5O3S/c1-16-6-13-15-11(16)21-5-10(18)14-9-4-7(17(19)20)2-3-8(9)12/h2-4,6H,5H2,1H3,(H,14,18). The summed E-state index contributed by atoms with van der Waals surface area (Å²) in [5.74, 6) is -0.253. The normalized spacial score (nSPS) is 10.4. The van der Waals surface area contributed by atoms with Crippen LogP contribution in [0.4, 0.5) is 11.4 Å². The second-order valence-electron chi connectivity index (χ2n) is 3.98.